The number of benzene rings is 3. The van der Waals surface area contributed by atoms with Crippen LogP contribution < -0.4 is 5.73 Å². The summed E-state index contributed by atoms with van der Waals surface area (Å²) in [5.74, 6) is 0. The van der Waals surface area contributed by atoms with Crippen molar-refractivity contribution in [3.63, 3.8) is 0 Å². The standard InChI is InChI=1S/C18H16IN/c19-16-10-8-14(9-11-16)18(20)12-15-6-3-5-13-4-1-2-7-17(13)15/h1-11,18H,12,20H2. The molecule has 0 bridgehead atoms. The van der Waals surface area contributed by atoms with Crippen LogP contribution >= 0.6 is 22.6 Å². The third kappa shape index (κ3) is 2.86. The second-order valence-electron chi connectivity index (χ2n) is 5.00. The van der Waals surface area contributed by atoms with Gasteiger partial charge in [0.2, 0.25) is 0 Å². The Bertz CT molecular complexity index is 714. The first-order valence-electron chi connectivity index (χ1n) is 6.72. The van der Waals surface area contributed by atoms with Gasteiger partial charge in [0.1, 0.15) is 0 Å². The molecule has 3 aromatic carbocycles. The predicted octanol–water partition coefficient (Wildman–Crippen LogP) is 4.69. The van der Waals surface area contributed by atoms with Crippen molar-refractivity contribution in [2.45, 2.75) is 12.5 Å². The first kappa shape index (κ1) is 13.6. The third-order valence-corrected chi connectivity index (χ3v) is 4.34. The van der Waals surface area contributed by atoms with Gasteiger partial charge < -0.3 is 5.73 Å². The SMILES string of the molecule is NC(Cc1cccc2ccccc12)c1ccc(I)cc1. The summed E-state index contributed by atoms with van der Waals surface area (Å²) in [5, 5.41) is 2.58. The van der Waals surface area contributed by atoms with E-state index in [0.29, 0.717) is 0 Å². The Morgan fingerprint density at radius 1 is 0.850 bits per heavy atom. The Morgan fingerprint density at radius 3 is 2.35 bits per heavy atom. The van der Waals surface area contributed by atoms with E-state index in [0.717, 1.165) is 6.42 Å². The van der Waals surface area contributed by atoms with Crippen LogP contribution in [0.25, 0.3) is 10.8 Å². The average molecular weight is 373 g/mol. The van der Waals surface area contributed by atoms with Crippen LogP contribution in [0.2, 0.25) is 0 Å². The maximum atomic E-state index is 6.37. The largest absolute Gasteiger partial charge is 0.324 e. The molecule has 0 radical (unpaired) electrons. The van der Waals surface area contributed by atoms with E-state index < -0.39 is 0 Å². The molecule has 3 rings (SSSR count). The molecule has 0 aliphatic heterocycles. The summed E-state index contributed by atoms with van der Waals surface area (Å²) in [7, 11) is 0. The first-order chi connectivity index (χ1) is 9.74. The molecule has 3 aromatic rings. The molecule has 20 heavy (non-hydrogen) atoms. The lowest BCUT2D eigenvalue weighted by Gasteiger charge is -2.14. The minimum atomic E-state index is 0.0396. The Morgan fingerprint density at radius 2 is 1.55 bits per heavy atom. The van der Waals surface area contributed by atoms with Gasteiger partial charge in [-0.05, 0) is 63.0 Å². The van der Waals surface area contributed by atoms with Crippen molar-refractivity contribution in [2.24, 2.45) is 5.73 Å². The van der Waals surface area contributed by atoms with Crippen molar-refractivity contribution >= 4 is 33.4 Å². The molecule has 1 unspecified atom stereocenters. The van der Waals surface area contributed by atoms with Gasteiger partial charge in [-0.25, -0.2) is 0 Å². The molecule has 1 atom stereocenters. The summed E-state index contributed by atoms with van der Waals surface area (Å²) in [6.07, 6.45) is 0.863. The Labute approximate surface area is 133 Å². The van der Waals surface area contributed by atoms with Crippen molar-refractivity contribution in [3.05, 3.63) is 81.4 Å². The molecule has 1 nitrogen and oxygen atoms in total. The zero-order valence-electron chi connectivity index (χ0n) is 11.1. The van der Waals surface area contributed by atoms with Crippen LogP contribution in [-0.4, -0.2) is 0 Å². The molecule has 0 aliphatic rings. The second-order valence-corrected chi connectivity index (χ2v) is 6.25. The molecule has 0 saturated heterocycles. The van der Waals surface area contributed by atoms with Gasteiger partial charge in [0.15, 0.2) is 0 Å². The van der Waals surface area contributed by atoms with Gasteiger partial charge in [-0.15, -0.1) is 0 Å². The van der Waals surface area contributed by atoms with E-state index in [1.54, 1.807) is 0 Å². The molecule has 0 fully saturated rings. The smallest absolute Gasteiger partial charge is 0.0335 e. The molecule has 2 N–H and O–H groups in total. The highest BCUT2D eigenvalue weighted by atomic mass is 127. The monoisotopic (exact) mass is 373 g/mol. The van der Waals surface area contributed by atoms with Crippen LogP contribution in [0.15, 0.2) is 66.7 Å². The fourth-order valence-corrected chi connectivity index (χ4v) is 2.89. The van der Waals surface area contributed by atoms with Gasteiger partial charge >= 0.3 is 0 Å². The van der Waals surface area contributed by atoms with Crippen LogP contribution in [0.3, 0.4) is 0 Å². The summed E-state index contributed by atoms with van der Waals surface area (Å²) < 4.78 is 1.24. The molecule has 0 aliphatic carbocycles. The molecule has 0 heterocycles. The van der Waals surface area contributed by atoms with Gasteiger partial charge in [0.05, 0.1) is 0 Å². The Hall–Kier alpha value is -1.39. The maximum Gasteiger partial charge on any atom is 0.0335 e. The number of rotatable bonds is 3. The second kappa shape index (κ2) is 5.94. The van der Waals surface area contributed by atoms with Crippen LogP contribution in [0.1, 0.15) is 17.2 Å². The lowest BCUT2D eigenvalue weighted by molar-refractivity contribution is 0.725. The molecular weight excluding hydrogens is 357 g/mol. The lowest BCUT2D eigenvalue weighted by Crippen LogP contribution is -2.13. The van der Waals surface area contributed by atoms with E-state index in [1.165, 1.54) is 25.5 Å². The summed E-state index contributed by atoms with van der Waals surface area (Å²) >= 11 is 2.31. The number of halogens is 1. The number of nitrogens with two attached hydrogens (primary N) is 1. The molecule has 0 amide bonds. The van der Waals surface area contributed by atoms with Gasteiger partial charge in [-0.1, -0.05) is 54.6 Å². The average Bonchev–Trinajstić information content (AvgIpc) is 2.48. The highest BCUT2D eigenvalue weighted by Crippen LogP contribution is 2.23. The third-order valence-electron chi connectivity index (χ3n) is 3.62. The van der Waals surface area contributed by atoms with Crippen molar-refractivity contribution in [1.29, 1.82) is 0 Å². The fraction of sp³-hybridized carbons (Fsp3) is 0.111. The lowest BCUT2D eigenvalue weighted by atomic mass is 9.95. The zero-order valence-corrected chi connectivity index (χ0v) is 13.2. The zero-order chi connectivity index (χ0) is 13.9. The molecule has 0 aromatic heterocycles. The highest BCUT2D eigenvalue weighted by molar-refractivity contribution is 14.1. The number of fused-ring (bicyclic) bond motifs is 1. The Balaban J connectivity index is 1.91. The molecule has 2 heteroatoms. The van der Waals surface area contributed by atoms with Crippen LogP contribution in [0.4, 0.5) is 0 Å². The predicted molar refractivity (Wildman–Crippen MR) is 93.7 cm³/mol. The summed E-state index contributed by atoms with van der Waals surface area (Å²) in [6, 6.07) is 23.4. The molecule has 0 spiro atoms. The molecule has 100 valence electrons. The van der Waals surface area contributed by atoms with E-state index in [1.807, 2.05) is 0 Å². The van der Waals surface area contributed by atoms with E-state index in [2.05, 4.69) is 89.3 Å². The van der Waals surface area contributed by atoms with Gasteiger partial charge in [0, 0.05) is 9.61 Å². The maximum absolute atomic E-state index is 6.37. The normalized spacial score (nSPS) is 12.5. The van der Waals surface area contributed by atoms with Crippen LogP contribution in [0, 0.1) is 3.57 Å². The van der Waals surface area contributed by atoms with Crippen molar-refractivity contribution in [1.82, 2.24) is 0 Å². The first-order valence-corrected chi connectivity index (χ1v) is 7.79. The summed E-state index contributed by atoms with van der Waals surface area (Å²) in [5.41, 5.74) is 8.87. The molecule has 0 saturated carbocycles. The van der Waals surface area contributed by atoms with Gasteiger partial charge in [-0.3, -0.25) is 0 Å². The van der Waals surface area contributed by atoms with Crippen LogP contribution in [-0.2, 0) is 6.42 Å². The van der Waals surface area contributed by atoms with E-state index in [4.69, 9.17) is 5.73 Å². The minimum absolute atomic E-state index is 0.0396. The Kier molecular flexibility index (Phi) is 4.03. The van der Waals surface area contributed by atoms with Crippen molar-refractivity contribution < 1.29 is 0 Å². The van der Waals surface area contributed by atoms with Gasteiger partial charge in [0.25, 0.3) is 0 Å². The fourth-order valence-electron chi connectivity index (χ4n) is 2.54. The molecular formula is C18H16IN. The van der Waals surface area contributed by atoms with Gasteiger partial charge in [-0.2, -0.15) is 0 Å². The van der Waals surface area contributed by atoms with Crippen LogP contribution in [0.5, 0.6) is 0 Å². The minimum Gasteiger partial charge on any atom is -0.324 e. The number of hydrogen-bond donors (Lipinski definition) is 1. The van der Waals surface area contributed by atoms with Crippen molar-refractivity contribution in [2.75, 3.05) is 0 Å². The quantitative estimate of drug-likeness (QED) is 0.663. The summed E-state index contributed by atoms with van der Waals surface area (Å²) in [4.78, 5) is 0. The highest BCUT2D eigenvalue weighted by Gasteiger charge is 2.09. The topological polar surface area (TPSA) is 26.0 Å². The van der Waals surface area contributed by atoms with E-state index in [-0.39, 0.29) is 6.04 Å². The summed E-state index contributed by atoms with van der Waals surface area (Å²) in [6.45, 7) is 0. The van der Waals surface area contributed by atoms with E-state index in [9.17, 15) is 0 Å². The van der Waals surface area contributed by atoms with E-state index >= 15 is 0 Å². The number of hydrogen-bond acceptors (Lipinski definition) is 1. The van der Waals surface area contributed by atoms with Crippen molar-refractivity contribution in [3.8, 4) is 0 Å².